The van der Waals surface area contributed by atoms with Crippen molar-refractivity contribution < 1.29 is 4.74 Å². The highest BCUT2D eigenvalue weighted by molar-refractivity contribution is 5.69. The molecule has 1 aromatic heterocycles. The topological polar surface area (TPSA) is 35.0 Å². The lowest BCUT2D eigenvalue weighted by Crippen LogP contribution is -2.14. The molecule has 0 unspecified atom stereocenters. The predicted octanol–water partition coefficient (Wildman–Crippen LogP) is 5.30. The predicted molar refractivity (Wildman–Crippen MR) is 98.1 cm³/mol. The SMILES string of the molecule is CCC1CCC(CCc2cncnc2-c2ccccc2OC)CC1. The Kier molecular flexibility index (Phi) is 5.84. The number of hydrogen-bond donors (Lipinski definition) is 0. The number of aryl methyl sites for hydroxylation is 1. The smallest absolute Gasteiger partial charge is 0.128 e. The van der Waals surface area contributed by atoms with Crippen LogP contribution in [0.1, 0.15) is 51.0 Å². The molecule has 0 bridgehead atoms. The van der Waals surface area contributed by atoms with Crippen molar-refractivity contribution in [1.82, 2.24) is 9.97 Å². The van der Waals surface area contributed by atoms with E-state index in [1.807, 2.05) is 24.4 Å². The molecular weight excluding hydrogens is 296 g/mol. The maximum atomic E-state index is 5.51. The lowest BCUT2D eigenvalue weighted by molar-refractivity contribution is 0.259. The van der Waals surface area contributed by atoms with Crippen LogP contribution in [0, 0.1) is 11.8 Å². The van der Waals surface area contributed by atoms with Crippen molar-refractivity contribution in [3.05, 3.63) is 42.4 Å². The third-order valence-corrected chi connectivity index (χ3v) is 5.52. The molecule has 1 aliphatic carbocycles. The quantitative estimate of drug-likeness (QED) is 0.723. The van der Waals surface area contributed by atoms with E-state index < -0.39 is 0 Å². The molecule has 128 valence electrons. The Hall–Kier alpha value is -1.90. The monoisotopic (exact) mass is 324 g/mol. The van der Waals surface area contributed by atoms with Crippen molar-refractivity contribution in [3.63, 3.8) is 0 Å². The van der Waals surface area contributed by atoms with Crippen molar-refractivity contribution >= 4 is 0 Å². The molecule has 0 N–H and O–H groups in total. The number of ether oxygens (including phenoxy) is 1. The number of para-hydroxylation sites is 1. The molecule has 24 heavy (non-hydrogen) atoms. The normalized spacial score (nSPS) is 20.8. The van der Waals surface area contributed by atoms with Crippen LogP contribution in [-0.4, -0.2) is 17.1 Å². The summed E-state index contributed by atoms with van der Waals surface area (Å²) in [5, 5.41) is 0. The molecule has 0 spiro atoms. The molecule has 0 aliphatic heterocycles. The van der Waals surface area contributed by atoms with Gasteiger partial charge in [0, 0.05) is 11.8 Å². The van der Waals surface area contributed by atoms with Gasteiger partial charge in [0.2, 0.25) is 0 Å². The number of hydrogen-bond acceptors (Lipinski definition) is 3. The minimum atomic E-state index is 0.860. The van der Waals surface area contributed by atoms with Crippen LogP contribution < -0.4 is 4.74 Å². The molecule has 0 atom stereocenters. The van der Waals surface area contributed by atoms with Crippen molar-refractivity contribution in [2.24, 2.45) is 11.8 Å². The fourth-order valence-electron chi connectivity index (χ4n) is 3.91. The summed E-state index contributed by atoms with van der Waals surface area (Å²) in [5.74, 6) is 2.70. The molecule has 1 aromatic carbocycles. The minimum absolute atomic E-state index is 0.860. The van der Waals surface area contributed by atoms with Crippen LogP contribution in [0.4, 0.5) is 0 Å². The van der Waals surface area contributed by atoms with E-state index in [1.165, 1.54) is 44.1 Å². The maximum Gasteiger partial charge on any atom is 0.128 e. The zero-order valence-electron chi connectivity index (χ0n) is 14.9. The first kappa shape index (κ1) is 16.9. The molecule has 3 rings (SSSR count). The molecule has 0 saturated heterocycles. The first-order chi connectivity index (χ1) is 11.8. The fraction of sp³-hybridized carbons (Fsp3) is 0.524. The average Bonchev–Trinajstić information content (AvgIpc) is 2.67. The summed E-state index contributed by atoms with van der Waals surface area (Å²) in [4.78, 5) is 8.82. The van der Waals surface area contributed by atoms with E-state index in [2.05, 4.69) is 23.0 Å². The van der Waals surface area contributed by atoms with Crippen LogP contribution in [0.15, 0.2) is 36.8 Å². The van der Waals surface area contributed by atoms with Crippen molar-refractivity contribution in [2.75, 3.05) is 7.11 Å². The van der Waals surface area contributed by atoms with Crippen LogP contribution in [-0.2, 0) is 6.42 Å². The number of rotatable bonds is 6. The second-order valence-electron chi connectivity index (χ2n) is 6.93. The van der Waals surface area contributed by atoms with Crippen LogP contribution in [0.3, 0.4) is 0 Å². The van der Waals surface area contributed by atoms with Gasteiger partial charge in [0.25, 0.3) is 0 Å². The Bertz CT molecular complexity index is 648. The zero-order chi connectivity index (χ0) is 16.8. The second-order valence-corrected chi connectivity index (χ2v) is 6.93. The van der Waals surface area contributed by atoms with E-state index in [4.69, 9.17) is 4.74 Å². The Morgan fingerprint density at radius 1 is 1.08 bits per heavy atom. The van der Waals surface area contributed by atoms with Crippen LogP contribution in [0.2, 0.25) is 0 Å². The van der Waals surface area contributed by atoms with Gasteiger partial charge in [-0.1, -0.05) is 51.2 Å². The molecule has 1 heterocycles. The molecule has 1 fully saturated rings. The lowest BCUT2D eigenvalue weighted by atomic mass is 9.78. The molecule has 1 aliphatic rings. The van der Waals surface area contributed by atoms with Gasteiger partial charge in [-0.15, -0.1) is 0 Å². The van der Waals surface area contributed by atoms with Crippen LogP contribution >= 0.6 is 0 Å². The minimum Gasteiger partial charge on any atom is -0.496 e. The Morgan fingerprint density at radius 2 is 1.83 bits per heavy atom. The molecule has 3 nitrogen and oxygen atoms in total. The Morgan fingerprint density at radius 3 is 2.58 bits per heavy atom. The van der Waals surface area contributed by atoms with Crippen molar-refractivity contribution in [3.8, 4) is 17.0 Å². The number of methoxy groups -OCH3 is 1. The highest BCUT2D eigenvalue weighted by Crippen LogP contribution is 2.35. The van der Waals surface area contributed by atoms with E-state index in [0.29, 0.717) is 0 Å². The fourth-order valence-corrected chi connectivity index (χ4v) is 3.91. The van der Waals surface area contributed by atoms with E-state index in [9.17, 15) is 0 Å². The van der Waals surface area contributed by atoms with Crippen LogP contribution in [0.25, 0.3) is 11.3 Å². The summed E-state index contributed by atoms with van der Waals surface area (Å²) in [7, 11) is 1.71. The third kappa shape index (κ3) is 3.95. The molecule has 2 aromatic rings. The maximum absolute atomic E-state index is 5.51. The van der Waals surface area contributed by atoms with Gasteiger partial charge in [0.1, 0.15) is 12.1 Å². The number of aromatic nitrogens is 2. The number of benzene rings is 1. The van der Waals surface area contributed by atoms with Gasteiger partial charge >= 0.3 is 0 Å². The molecule has 3 heteroatoms. The summed E-state index contributed by atoms with van der Waals surface area (Å²) in [6, 6.07) is 8.11. The van der Waals surface area contributed by atoms with Gasteiger partial charge in [-0.05, 0) is 42.4 Å². The number of nitrogens with zero attached hydrogens (tertiary/aromatic N) is 2. The van der Waals surface area contributed by atoms with E-state index in [-0.39, 0.29) is 0 Å². The summed E-state index contributed by atoms with van der Waals surface area (Å²) in [6.45, 7) is 2.33. The summed E-state index contributed by atoms with van der Waals surface area (Å²) in [6.07, 6.45) is 12.8. The highest BCUT2D eigenvalue weighted by atomic mass is 16.5. The molecular formula is C21H28N2O. The first-order valence-corrected chi connectivity index (χ1v) is 9.24. The van der Waals surface area contributed by atoms with Crippen LogP contribution in [0.5, 0.6) is 5.75 Å². The third-order valence-electron chi connectivity index (χ3n) is 5.52. The highest BCUT2D eigenvalue weighted by Gasteiger charge is 2.20. The van der Waals surface area contributed by atoms with Gasteiger partial charge in [0.15, 0.2) is 0 Å². The van der Waals surface area contributed by atoms with Gasteiger partial charge in [-0.25, -0.2) is 9.97 Å². The van der Waals surface area contributed by atoms with E-state index >= 15 is 0 Å². The van der Waals surface area contributed by atoms with Gasteiger partial charge in [-0.2, -0.15) is 0 Å². The van der Waals surface area contributed by atoms with E-state index in [1.54, 1.807) is 13.4 Å². The lowest BCUT2D eigenvalue weighted by Gasteiger charge is -2.27. The van der Waals surface area contributed by atoms with Crippen molar-refractivity contribution in [2.45, 2.75) is 51.9 Å². The largest absolute Gasteiger partial charge is 0.496 e. The first-order valence-electron chi connectivity index (χ1n) is 9.24. The Labute approximate surface area is 145 Å². The molecule has 0 radical (unpaired) electrons. The summed E-state index contributed by atoms with van der Waals surface area (Å²) < 4.78 is 5.51. The summed E-state index contributed by atoms with van der Waals surface area (Å²) in [5.41, 5.74) is 3.32. The Balaban J connectivity index is 1.71. The van der Waals surface area contributed by atoms with Crippen molar-refractivity contribution in [1.29, 1.82) is 0 Å². The second kappa shape index (κ2) is 8.27. The average molecular weight is 324 g/mol. The molecule has 0 amide bonds. The van der Waals surface area contributed by atoms with Gasteiger partial charge in [0.05, 0.1) is 12.8 Å². The van der Waals surface area contributed by atoms with E-state index in [0.717, 1.165) is 35.3 Å². The van der Waals surface area contributed by atoms with Gasteiger partial charge in [-0.3, -0.25) is 0 Å². The standard InChI is InChI=1S/C21H28N2O/c1-3-16-8-10-17(11-9-16)12-13-18-14-22-15-23-21(18)19-6-4-5-7-20(19)24-2/h4-7,14-17H,3,8-13H2,1-2H3. The zero-order valence-corrected chi connectivity index (χ0v) is 14.9. The van der Waals surface area contributed by atoms with Gasteiger partial charge < -0.3 is 4.74 Å². The molecule has 1 saturated carbocycles. The summed E-state index contributed by atoms with van der Waals surface area (Å²) >= 11 is 0.